The maximum absolute atomic E-state index is 12.1. The molecule has 1 heterocycles. The number of aliphatic hydroxyl groups is 1. The summed E-state index contributed by atoms with van der Waals surface area (Å²) in [5, 5.41) is 13.9. The molecule has 7 nitrogen and oxygen atoms in total. The number of carbonyl (C=O) groups is 1. The summed E-state index contributed by atoms with van der Waals surface area (Å²) in [4.78, 5) is 14.5. The summed E-state index contributed by atoms with van der Waals surface area (Å²) >= 11 is 0. The molecule has 8 unspecified atom stereocenters. The van der Waals surface area contributed by atoms with Crippen LogP contribution in [-0.2, 0) is 14.6 Å². The molecule has 8 heteroatoms. The molecule has 0 aromatic heterocycles. The van der Waals surface area contributed by atoms with Crippen molar-refractivity contribution in [2.75, 3.05) is 51.4 Å². The molecule has 8 atom stereocenters. The van der Waals surface area contributed by atoms with Gasteiger partial charge >= 0.3 is 5.97 Å². The highest BCUT2D eigenvalue weighted by Gasteiger charge is 2.67. The van der Waals surface area contributed by atoms with Crippen LogP contribution in [0.2, 0.25) is 0 Å². The van der Waals surface area contributed by atoms with Gasteiger partial charge in [-0.3, -0.25) is 0 Å². The molecule has 4 fully saturated rings. The second-order valence-corrected chi connectivity index (χ2v) is 21.3. The molecule has 0 spiro atoms. The van der Waals surface area contributed by atoms with Gasteiger partial charge in [-0.05, 0) is 133 Å². The van der Waals surface area contributed by atoms with E-state index in [4.69, 9.17) is 4.74 Å². The van der Waals surface area contributed by atoms with E-state index in [-0.39, 0.29) is 40.5 Å². The van der Waals surface area contributed by atoms with E-state index in [2.05, 4.69) is 70.0 Å². The first-order valence-corrected chi connectivity index (χ1v) is 22.0. The summed E-state index contributed by atoms with van der Waals surface area (Å²) in [7, 11) is -1.43. The fourth-order valence-electron chi connectivity index (χ4n) is 12.7. The van der Waals surface area contributed by atoms with Gasteiger partial charge in [0, 0.05) is 38.3 Å². The van der Waals surface area contributed by atoms with Crippen LogP contribution in [0.4, 0.5) is 0 Å². The Morgan fingerprint density at radius 1 is 0.980 bits per heavy atom. The van der Waals surface area contributed by atoms with Crippen LogP contribution >= 0.6 is 0 Å². The summed E-state index contributed by atoms with van der Waals surface area (Å²) in [6.07, 6.45) is 15.8. The van der Waals surface area contributed by atoms with E-state index in [0.29, 0.717) is 53.2 Å². The molecule has 1 aromatic carbocycles. The zero-order valence-corrected chi connectivity index (χ0v) is 33.7. The van der Waals surface area contributed by atoms with Crippen molar-refractivity contribution >= 4 is 21.4 Å². The number of hydrogen-bond acceptors (Lipinski definition) is 7. The molecule has 5 aliphatic rings. The summed E-state index contributed by atoms with van der Waals surface area (Å²) in [5.41, 5.74) is 4.25. The van der Waals surface area contributed by atoms with Crippen LogP contribution in [-0.4, -0.2) is 81.3 Å². The first-order chi connectivity index (χ1) is 24.0. The van der Waals surface area contributed by atoms with E-state index in [9.17, 15) is 18.3 Å². The Labute approximate surface area is 309 Å². The van der Waals surface area contributed by atoms with Crippen molar-refractivity contribution in [3.63, 3.8) is 0 Å². The van der Waals surface area contributed by atoms with Gasteiger partial charge in [-0.2, -0.15) is 0 Å². The molecule has 1 aliphatic heterocycles. The maximum atomic E-state index is 12.1. The molecule has 3 saturated carbocycles. The lowest BCUT2D eigenvalue weighted by Gasteiger charge is -2.71. The molecule has 51 heavy (non-hydrogen) atoms. The Balaban J connectivity index is 1.20. The first kappa shape index (κ1) is 39.0. The highest BCUT2D eigenvalue weighted by molar-refractivity contribution is 7.91. The predicted octanol–water partition coefficient (Wildman–Crippen LogP) is 7.78. The van der Waals surface area contributed by atoms with E-state index in [1.807, 2.05) is 12.1 Å². The van der Waals surface area contributed by atoms with Crippen molar-refractivity contribution in [1.82, 2.24) is 10.2 Å². The second kappa shape index (κ2) is 14.5. The molecular formula is C43H68N2O5S. The van der Waals surface area contributed by atoms with Gasteiger partial charge in [0.05, 0.1) is 24.2 Å². The highest BCUT2D eigenvalue weighted by atomic mass is 32.2. The fraction of sp³-hybridized carbons (Fsp3) is 0.791. The van der Waals surface area contributed by atoms with E-state index >= 15 is 0 Å². The largest absolute Gasteiger partial charge is 0.465 e. The molecule has 1 aromatic rings. The van der Waals surface area contributed by atoms with Gasteiger partial charge in [-0.25, -0.2) is 13.2 Å². The van der Waals surface area contributed by atoms with E-state index in [1.54, 1.807) is 0 Å². The number of benzene rings is 1. The van der Waals surface area contributed by atoms with Crippen LogP contribution in [0.25, 0.3) is 5.57 Å². The fourth-order valence-corrected chi connectivity index (χ4v) is 14.0. The van der Waals surface area contributed by atoms with Crippen LogP contribution in [0.5, 0.6) is 0 Å². The molecule has 0 bridgehead atoms. The molecule has 0 amide bonds. The first-order valence-electron chi connectivity index (χ1n) is 20.2. The molecule has 6 rings (SSSR count). The predicted molar refractivity (Wildman–Crippen MR) is 207 cm³/mol. The van der Waals surface area contributed by atoms with E-state index < -0.39 is 9.84 Å². The zero-order valence-electron chi connectivity index (χ0n) is 32.9. The minimum absolute atomic E-state index is 0.0365. The number of nitrogens with zero attached hydrogens (tertiary/aromatic N) is 1. The van der Waals surface area contributed by atoms with Crippen LogP contribution < -0.4 is 5.32 Å². The quantitative estimate of drug-likeness (QED) is 0.225. The lowest BCUT2D eigenvalue weighted by Crippen LogP contribution is -2.65. The van der Waals surface area contributed by atoms with Gasteiger partial charge in [0.25, 0.3) is 0 Å². The molecule has 0 radical (unpaired) electrons. The molecule has 286 valence electrons. The standard InChI is InChI=1S/C43H68N2O5S/c1-31(30-46)9-8-18-43(44-23-24-45-25-27-51(48,49)28-26-45)22-21-41(5)34(29-43)14-15-37-40(4)19-16-35(32-10-12-33(13-11-32)38(47)50-7)39(2,3)36(40)17-20-42(37,41)6/h10-13,16,31,34,36-37,44,46H,8-9,14-15,17-30H2,1-7H3. The number of allylic oxidation sites excluding steroid dienone is 2. The van der Waals surface area contributed by atoms with E-state index in [0.717, 1.165) is 38.8 Å². The van der Waals surface area contributed by atoms with Gasteiger partial charge < -0.3 is 20.1 Å². The lowest BCUT2D eigenvalue weighted by atomic mass is 9.34. The monoisotopic (exact) mass is 724 g/mol. The number of methoxy groups -OCH3 is 1. The summed E-state index contributed by atoms with van der Waals surface area (Å²) < 4.78 is 29.0. The van der Waals surface area contributed by atoms with Crippen LogP contribution in [0.15, 0.2) is 30.3 Å². The maximum Gasteiger partial charge on any atom is 0.337 e. The minimum Gasteiger partial charge on any atom is -0.465 e. The van der Waals surface area contributed by atoms with Gasteiger partial charge in [-0.1, -0.05) is 66.2 Å². The van der Waals surface area contributed by atoms with Crippen molar-refractivity contribution in [2.45, 2.75) is 118 Å². The van der Waals surface area contributed by atoms with Crippen molar-refractivity contribution in [3.8, 4) is 0 Å². The molecule has 4 aliphatic carbocycles. The number of sulfone groups is 1. The summed E-state index contributed by atoms with van der Waals surface area (Å²) in [6, 6.07) is 8.06. The third-order valence-electron chi connectivity index (χ3n) is 16.0. The average Bonchev–Trinajstić information content (AvgIpc) is 3.09. The minimum atomic E-state index is -2.87. The molecular weight excluding hydrogens is 657 g/mol. The summed E-state index contributed by atoms with van der Waals surface area (Å²) in [6.45, 7) is 18.5. The smallest absolute Gasteiger partial charge is 0.337 e. The van der Waals surface area contributed by atoms with Gasteiger partial charge in [0.15, 0.2) is 9.84 Å². The molecule has 2 N–H and O–H groups in total. The Morgan fingerprint density at radius 2 is 1.69 bits per heavy atom. The van der Waals surface area contributed by atoms with Crippen molar-refractivity contribution in [2.24, 2.45) is 45.3 Å². The van der Waals surface area contributed by atoms with Crippen molar-refractivity contribution < 1.29 is 23.1 Å². The van der Waals surface area contributed by atoms with E-state index in [1.165, 1.54) is 63.2 Å². The molecule has 1 saturated heterocycles. The highest BCUT2D eigenvalue weighted by Crippen LogP contribution is 2.74. The van der Waals surface area contributed by atoms with Gasteiger partial charge in [0.1, 0.15) is 0 Å². The lowest BCUT2D eigenvalue weighted by molar-refractivity contribution is -0.206. The SMILES string of the molecule is COC(=O)c1ccc(C2=CCC3(C)C(CCC4(C)C3CCC3CC(CCCC(C)CO)(NCCN5CCS(=O)(=O)CC5)CCC34C)C2(C)C)cc1. The number of nitrogens with one attached hydrogen (secondary N) is 1. The second-order valence-electron chi connectivity index (χ2n) is 19.0. The van der Waals surface area contributed by atoms with Crippen molar-refractivity contribution in [3.05, 3.63) is 41.5 Å². The topological polar surface area (TPSA) is 95.9 Å². The number of rotatable bonds is 11. The van der Waals surface area contributed by atoms with Crippen LogP contribution in [0.1, 0.15) is 128 Å². The van der Waals surface area contributed by atoms with Gasteiger partial charge in [-0.15, -0.1) is 0 Å². The van der Waals surface area contributed by atoms with Crippen molar-refractivity contribution in [1.29, 1.82) is 0 Å². The third-order valence-corrected chi connectivity index (χ3v) is 17.6. The zero-order chi connectivity index (χ0) is 36.9. The number of carbonyl (C=O) groups excluding carboxylic acids is 1. The number of fused-ring (bicyclic) bond motifs is 5. The number of hydrogen-bond donors (Lipinski definition) is 2. The Bertz CT molecular complexity index is 1540. The summed E-state index contributed by atoms with van der Waals surface area (Å²) in [5.74, 6) is 2.60. The Kier molecular flexibility index (Phi) is 11.1. The number of esters is 1. The van der Waals surface area contributed by atoms with Crippen LogP contribution in [0.3, 0.4) is 0 Å². The number of aliphatic hydroxyl groups excluding tert-OH is 1. The Hall–Kier alpha value is -1.74. The van der Waals surface area contributed by atoms with Crippen LogP contribution in [0, 0.1) is 45.3 Å². The normalized spacial score (nSPS) is 38.0. The Morgan fingerprint density at radius 3 is 2.35 bits per heavy atom. The number of ether oxygens (including phenoxy) is 1. The third kappa shape index (κ3) is 7.14. The average molecular weight is 725 g/mol. The van der Waals surface area contributed by atoms with Gasteiger partial charge in [0.2, 0.25) is 0 Å².